The minimum atomic E-state index is 0.0246. The van der Waals surface area contributed by atoms with Crippen LogP contribution in [0, 0.1) is 5.41 Å². The van der Waals surface area contributed by atoms with E-state index in [0.717, 1.165) is 5.56 Å². The molecule has 19 heavy (non-hydrogen) atoms. The fourth-order valence-corrected chi connectivity index (χ4v) is 2.49. The van der Waals surface area contributed by atoms with Crippen molar-refractivity contribution in [1.82, 2.24) is 0 Å². The van der Waals surface area contributed by atoms with E-state index < -0.39 is 0 Å². The third-order valence-corrected chi connectivity index (χ3v) is 3.59. The van der Waals surface area contributed by atoms with Crippen molar-refractivity contribution >= 4 is 5.84 Å². The lowest BCUT2D eigenvalue weighted by Crippen LogP contribution is -2.16. The molecule has 2 rings (SSSR count). The molecule has 4 nitrogen and oxygen atoms in total. The molecule has 0 aliphatic heterocycles. The Balaban J connectivity index is 1.98. The van der Waals surface area contributed by atoms with E-state index in [-0.39, 0.29) is 5.84 Å². The average Bonchev–Trinajstić information content (AvgIpc) is 2.45. The molecule has 3 N–H and O–H groups in total. The van der Waals surface area contributed by atoms with Crippen LogP contribution in [0.3, 0.4) is 0 Å². The second-order valence-corrected chi connectivity index (χ2v) is 5.02. The first-order valence-electron chi connectivity index (χ1n) is 6.83. The van der Waals surface area contributed by atoms with E-state index in [0.29, 0.717) is 24.0 Å². The highest BCUT2D eigenvalue weighted by molar-refractivity contribution is 5.97. The topological polar surface area (TPSA) is 68.3 Å². The molecule has 1 aliphatic carbocycles. The van der Waals surface area contributed by atoms with Gasteiger partial charge in [0.15, 0.2) is 0 Å². The van der Waals surface area contributed by atoms with E-state index in [1.807, 2.05) is 18.2 Å². The smallest absolute Gasteiger partial charge is 0.130 e. The lowest BCUT2D eigenvalue weighted by molar-refractivity contribution is 0.0168. The van der Waals surface area contributed by atoms with Crippen molar-refractivity contribution < 1.29 is 9.47 Å². The lowest BCUT2D eigenvalue weighted by atomic mass is 9.98. The Kier molecular flexibility index (Phi) is 4.80. The maximum atomic E-state index is 7.48. The van der Waals surface area contributed by atoms with Gasteiger partial charge < -0.3 is 15.2 Å². The number of hydrogen-bond donors (Lipinski definition) is 2. The largest absolute Gasteiger partial charge is 0.496 e. The van der Waals surface area contributed by atoms with E-state index >= 15 is 0 Å². The van der Waals surface area contributed by atoms with Gasteiger partial charge in [0.05, 0.1) is 25.4 Å². The minimum absolute atomic E-state index is 0.0246. The van der Waals surface area contributed by atoms with Crippen LogP contribution >= 0.6 is 0 Å². The van der Waals surface area contributed by atoms with Crippen LogP contribution < -0.4 is 10.5 Å². The number of hydrogen-bond acceptors (Lipinski definition) is 3. The fourth-order valence-electron chi connectivity index (χ4n) is 2.49. The summed E-state index contributed by atoms with van der Waals surface area (Å²) in [5.41, 5.74) is 7.19. The van der Waals surface area contributed by atoms with Gasteiger partial charge in [-0.1, -0.05) is 25.3 Å². The normalized spacial score (nSPS) is 16.3. The Morgan fingerprint density at radius 3 is 2.68 bits per heavy atom. The molecule has 0 aromatic heterocycles. The molecule has 1 saturated carbocycles. The van der Waals surface area contributed by atoms with Crippen molar-refractivity contribution in [2.45, 2.75) is 44.8 Å². The van der Waals surface area contributed by atoms with Crippen LogP contribution in [-0.4, -0.2) is 19.0 Å². The zero-order chi connectivity index (χ0) is 13.7. The van der Waals surface area contributed by atoms with Crippen molar-refractivity contribution in [1.29, 1.82) is 5.41 Å². The van der Waals surface area contributed by atoms with E-state index in [4.69, 9.17) is 20.6 Å². The average molecular weight is 262 g/mol. The number of benzene rings is 1. The Bertz CT molecular complexity index is 440. The summed E-state index contributed by atoms with van der Waals surface area (Å²) in [7, 11) is 1.59. The molecule has 104 valence electrons. The second-order valence-electron chi connectivity index (χ2n) is 5.02. The first-order chi connectivity index (χ1) is 9.20. The number of nitrogens with one attached hydrogen (secondary N) is 1. The standard InChI is InChI=1S/C15H22N2O2/c1-18-14-9-11(7-8-13(14)15(16)17)10-19-12-5-3-2-4-6-12/h7-9,12H,2-6,10H2,1H3,(H3,16,17). The maximum absolute atomic E-state index is 7.48. The van der Waals surface area contributed by atoms with Gasteiger partial charge in [-0.25, -0.2) is 0 Å². The molecule has 0 atom stereocenters. The number of nitrogens with two attached hydrogens (primary N) is 1. The zero-order valence-electron chi connectivity index (χ0n) is 11.4. The highest BCUT2D eigenvalue weighted by Gasteiger charge is 2.14. The van der Waals surface area contributed by atoms with Crippen molar-refractivity contribution in [2.24, 2.45) is 5.73 Å². The molecule has 4 heteroatoms. The van der Waals surface area contributed by atoms with Crippen molar-refractivity contribution in [2.75, 3.05) is 7.11 Å². The SMILES string of the molecule is COc1cc(COC2CCCCC2)ccc1C(=N)N. The Morgan fingerprint density at radius 2 is 2.05 bits per heavy atom. The summed E-state index contributed by atoms with van der Waals surface area (Å²) in [4.78, 5) is 0. The summed E-state index contributed by atoms with van der Waals surface area (Å²) < 4.78 is 11.2. The molecular formula is C15H22N2O2. The van der Waals surface area contributed by atoms with Crippen molar-refractivity contribution in [3.05, 3.63) is 29.3 Å². The summed E-state index contributed by atoms with van der Waals surface area (Å²) in [5.74, 6) is 0.661. The molecular weight excluding hydrogens is 240 g/mol. The Labute approximate surface area is 114 Å². The molecule has 0 unspecified atom stereocenters. The summed E-state index contributed by atoms with van der Waals surface area (Å²) in [5, 5.41) is 7.48. The monoisotopic (exact) mass is 262 g/mol. The third kappa shape index (κ3) is 3.70. The number of methoxy groups -OCH3 is 1. The van der Waals surface area contributed by atoms with Crippen LogP contribution in [0.2, 0.25) is 0 Å². The van der Waals surface area contributed by atoms with Crippen molar-refractivity contribution in [3.63, 3.8) is 0 Å². The summed E-state index contributed by atoms with van der Waals surface area (Å²) >= 11 is 0. The molecule has 0 saturated heterocycles. The highest BCUT2D eigenvalue weighted by atomic mass is 16.5. The van der Waals surface area contributed by atoms with Gasteiger partial charge >= 0.3 is 0 Å². The van der Waals surface area contributed by atoms with Gasteiger partial charge in [-0.15, -0.1) is 0 Å². The lowest BCUT2D eigenvalue weighted by Gasteiger charge is -2.22. The van der Waals surface area contributed by atoms with Gasteiger partial charge in [-0.05, 0) is 30.5 Å². The molecule has 1 aromatic rings. The van der Waals surface area contributed by atoms with E-state index in [1.165, 1.54) is 32.1 Å². The summed E-state index contributed by atoms with van der Waals surface area (Å²) in [6.07, 6.45) is 6.62. The van der Waals surface area contributed by atoms with Crippen molar-refractivity contribution in [3.8, 4) is 5.75 Å². The second kappa shape index (κ2) is 6.57. The summed E-state index contributed by atoms with van der Waals surface area (Å²) in [6.45, 7) is 0.596. The van der Waals surface area contributed by atoms with Gasteiger partial charge in [0.1, 0.15) is 11.6 Å². The van der Waals surface area contributed by atoms with Crippen LogP contribution in [0.15, 0.2) is 18.2 Å². The third-order valence-electron chi connectivity index (χ3n) is 3.59. The van der Waals surface area contributed by atoms with Gasteiger partial charge in [0.2, 0.25) is 0 Å². The van der Waals surface area contributed by atoms with E-state index in [2.05, 4.69) is 0 Å². The quantitative estimate of drug-likeness (QED) is 0.633. The molecule has 0 heterocycles. The maximum Gasteiger partial charge on any atom is 0.130 e. The van der Waals surface area contributed by atoms with Crippen LogP contribution in [0.1, 0.15) is 43.2 Å². The predicted octanol–water partition coefficient (Wildman–Crippen LogP) is 2.83. The fraction of sp³-hybridized carbons (Fsp3) is 0.533. The van der Waals surface area contributed by atoms with Crippen LogP contribution in [-0.2, 0) is 11.3 Å². The number of rotatable bonds is 5. The number of nitrogen functional groups attached to an aromatic ring is 1. The molecule has 0 bridgehead atoms. The van der Waals surface area contributed by atoms with E-state index in [9.17, 15) is 0 Å². The predicted molar refractivity (Wildman–Crippen MR) is 75.7 cm³/mol. The number of amidine groups is 1. The van der Waals surface area contributed by atoms with Crippen LogP contribution in [0.5, 0.6) is 5.75 Å². The zero-order valence-corrected chi connectivity index (χ0v) is 11.4. The van der Waals surface area contributed by atoms with Gasteiger partial charge in [-0.3, -0.25) is 5.41 Å². The van der Waals surface area contributed by atoms with Crippen LogP contribution in [0.25, 0.3) is 0 Å². The first-order valence-corrected chi connectivity index (χ1v) is 6.83. The van der Waals surface area contributed by atoms with E-state index in [1.54, 1.807) is 7.11 Å². The summed E-state index contributed by atoms with van der Waals surface area (Å²) in [6, 6.07) is 5.67. The Morgan fingerprint density at radius 1 is 1.32 bits per heavy atom. The molecule has 0 amide bonds. The molecule has 1 fully saturated rings. The van der Waals surface area contributed by atoms with Gasteiger partial charge in [0, 0.05) is 0 Å². The molecule has 0 spiro atoms. The van der Waals surface area contributed by atoms with Gasteiger partial charge in [0.25, 0.3) is 0 Å². The first kappa shape index (κ1) is 13.9. The molecule has 1 aliphatic rings. The van der Waals surface area contributed by atoms with Crippen LogP contribution in [0.4, 0.5) is 0 Å². The minimum Gasteiger partial charge on any atom is -0.496 e. The Hall–Kier alpha value is -1.55. The highest BCUT2D eigenvalue weighted by Crippen LogP contribution is 2.23. The molecule has 0 radical (unpaired) electrons. The number of ether oxygens (including phenoxy) is 2. The molecule has 1 aromatic carbocycles. The van der Waals surface area contributed by atoms with Gasteiger partial charge in [-0.2, -0.15) is 0 Å².